The molecule has 0 fully saturated rings. The van der Waals surface area contributed by atoms with E-state index in [1.807, 2.05) is 44.2 Å². The highest BCUT2D eigenvalue weighted by atomic mass is 16.5. The average molecular weight is 413 g/mol. The van der Waals surface area contributed by atoms with E-state index in [0.29, 0.717) is 33.0 Å². The quantitative estimate of drug-likeness (QED) is 0.397. The maximum atomic E-state index is 12.4. The number of benzene rings is 1. The Morgan fingerprint density at radius 3 is 2.24 bits per heavy atom. The molecule has 2 unspecified atom stereocenters. The normalized spacial score (nSPS) is 12.3. The van der Waals surface area contributed by atoms with Crippen LogP contribution in [0.1, 0.15) is 33.3 Å². The molecule has 2 amide bonds. The molecule has 0 radical (unpaired) electrons. The molecule has 0 aliphatic carbocycles. The molecule has 3 N–H and O–H groups in total. The minimum atomic E-state index is -0.793. The maximum Gasteiger partial charge on any atom is 0.245 e. The second kappa shape index (κ2) is 18.1. The molecule has 1 aromatic rings. The Balaban J connectivity index is 0.00000379. The highest BCUT2D eigenvalue weighted by molar-refractivity contribution is 5.87. The number of aliphatic hydroxyl groups is 1. The summed E-state index contributed by atoms with van der Waals surface area (Å²) in [6, 6.07) is 8.82. The van der Waals surface area contributed by atoms with Crippen LogP contribution in [0.4, 0.5) is 0 Å². The van der Waals surface area contributed by atoms with Gasteiger partial charge in [-0.05, 0) is 12.5 Å². The van der Waals surface area contributed by atoms with Crippen LogP contribution in [-0.2, 0) is 30.4 Å². The van der Waals surface area contributed by atoms with Gasteiger partial charge in [-0.25, -0.2) is 0 Å². The fourth-order valence-electron chi connectivity index (χ4n) is 2.26. The summed E-state index contributed by atoms with van der Waals surface area (Å²) in [5.74, 6) is -0.631. The van der Waals surface area contributed by atoms with E-state index in [1.54, 1.807) is 6.92 Å². The molecular weight excluding hydrogens is 376 g/mol. The molecule has 8 heteroatoms. The third-order valence-corrected chi connectivity index (χ3v) is 3.62. The molecule has 0 bridgehead atoms. The first-order valence-electron chi connectivity index (χ1n) is 10.0. The van der Waals surface area contributed by atoms with E-state index in [-0.39, 0.29) is 25.0 Å². The lowest BCUT2D eigenvalue weighted by atomic mass is 10.1. The summed E-state index contributed by atoms with van der Waals surface area (Å²) >= 11 is 0. The number of ether oxygens (including phenoxy) is 3. The Labute approximate surface area is 173 Å². The lowest BCUT2D eigenvalue weighted by molar-refractivity contribution is -0.132. The molecule has 0 saturated carbocycles. The molecule has 166 valence electrons. The van der Waals surface area contributed by atoms with Crippen LogP contribution in [0.3, 0.4) is 0 Å². The van der Waals surface area contributed by atoms with Gasteiger partial charge in [0, 0.05) is 13.5 Å². The highest BCUT2D eigenvalue weighted by Crippen LogP contribution is 2.06. The third kappa shape index (κ3) is 13.8. The molecule has 1 rings (SSSR count). The van der Waals surface area contributed by atoms with E-state index in [2.05, 4.69) is 10.6 Å². The number of hydrogen-bond donors (Lipinski definition) is 3. The van der Waals surface area contributed by atoms with E-state index in [0.717, 1.165) is 5.56 Å². The fourth-order valence-corrected chi connectivity index (χ4v) is 2.26. The Morgan fingerprint density at radius 1 is 1.03 bits per heavy atom. The standard InChI is InChI=1S/C19H30N2O6.C2H6/c1-15(27-14-17-6-4-3-5-7-17)18(21-16(2)23)19(24)20-8-10-25-12-13-26-11-9-22;1-2/h3-7,15,18,22H,8-14H2,1-2H3,(H,20,24)(H,21,23);1-2H3. The van der Waals surface area contributed by atoms with Crippen molar-refractivity contribution >= 4 is 11.8 Å². The lowest BCUT2D eigenvalue weighted by Crippen LogP contribution is -2.53. The van der Waals surface area contributed by atoms with Gasteiger partial charge < -0.3 is 30.0 Å². The van der Waals surface area contributed by atoms with Gasteiger partial charge in [-0.3, -0.25) is 9.59 Å². The van der Waals surface area contributed by atoms with Gasteiger partial charge in [-0.1, -0.05) is 44.2 Å². The third-order valence-electron chi connectivity index (χ3n) is 3.62. The van der Waals surface area contributed by atoms with Crippen molar-refractivity contribution < 1.29 is 28.9 Å². The predicted molar refractivity (Wildman–Crippen MR) is 111 cm³/mol. The zero-order valence-corrected chi connectivity index (χ0v) is 18.0. The van der Waals surface area contributed by atoms with Crippen molar-refractivity contribution in [2.24, 2.45) is 0 Å². The number of carbonyl (C=O) groups excluding carboxylic acids is 2. The zero-order chi connectivity index (χ0) is 21.9. The van der Waals surface area contributed by atoms with Crippen molar-refractivity contribution in [3.05, 3.63) is 35.9 Å². The van der Waals surface area contributed by atoms with Crippen LogP contribution in [0, 0.1) is 0 Å². The predicted octanol–water partition coefficient (Wildman–Crippen LogP) is 1.26. The number of carbonyl (C=O) groups is 2. The minimum absolute atomic E-state index is 0.0227. The van der Waals surface area contributed by atoms with Crippen LogP contribution in [0.25, 0.3) is 0 Å². The SMILES string of the molecule is CC.CC(=O)NC(C(=O)NCCOCCOCCO)C(C)OCc1ccccc1. The summed E-state index contributed by atoms with van der Waals surface area (Å²) in [6.45, 7) is 9.10. The Bertz CT molecular complexity index is 541. The molecule has 2 atom stereocenters. The van der Waals surface area contributed by atoms with E-state index in [4.69, 9.17) is 19.3 Å². The smallest absolute Gasteiger partial charge is 0.245 e. The van der Waals surface area contributed by atoms with Gasteiger partial charge in [0.1, 0.15) is 6.04 Å². The molecule has 1 aromatic carbocycles. The highest BCUT2D eigenvalue weighted by Gasteiger charge is 2.26. The number of aliphatic hydroxyl groups excluding tert-OH is 1. The number of rotatable bonds is 14. The molecule has 0 spiro atoms. The average Bonchev–Trinajstić information content (AvgIpc) is 2.74. The van der Waals surface area contributed by atoms with Crippen molar-refractivity contribution in [3.63, 3.8) is 0 Å². The van der Waals surface area contributed by atoms with Crippen LogP contribution in [0.15, 0.2) is 30.3 Å². The number of amides is 2. The summed E-state index contributed by atoms with van der Waals surface area (Å²) in [4.78, 5) is 23.8. The van der Waals surface area contributed by atoms with Crippen molar-refractivity contribution in [2.45, 2.75) is 46.4 Å². The van der Waals surface area contributed by atoms with Gasteiger partial charge in [-0.15, -0.1) is 0 Å². The molecule has 0 aromatic heterocycles. The molecule has 8 nitrogen and oxygen atoms in total. The van der Waals surface area contributed by atoms with Crippen molar-refractivity contribution in [1.29, 1.82) is 0 Å². The summed E-state index contributed by atoms with van der Waals surface area (Å²) < 4.78 is 16.1. The van der Waals surface area contributed by atoms with Crippen LogP contribution >= 0.6 is 0 Å². The van der Waals surface area contributed by atoms with Crippen LogP contribution in [0.2, 0.25) is 0 Å². The molecule has 0 heterocycles. The monoisotopic (exact) mass is 412 g/mol. The van der Waals surface area contributed by atoms with Crippen LogP contribution < -0.4 is 10.6 Å². The van der Waals surface area contributed by atoms with E-state index >= 15 is 0 Å². The van der Waals surface area contributed by atoms with Crippen molar-refractivity contribution in [1.82, 2.24) is 10.6 Å². The maximum absolute atomic E-state index is 12.4. The van der Waals surface area contributed by atoms with E-state index in [1.165, 1.54) is 6.92 Å². The Morgan fingerprint density at radius 2 is 1.66 bits per heavy atom. The summed E-state index contributed by atoms with van der Waals surface area (Å²) in [7, 11) is 0. The van der Waals surface area contributed by atoms with Gasteiger partial charge >= 0.3 is 0 Å². The molecular formula is C21H36N2O6. The molecule has 0 aliphatic heterocycles. The molecule has 0 aliphatic rings. The first-order valence-corrected chi connectivity index (χ1v) is 10.0. The van der Waals surface area contributed by atoms with Gasteiger partial charge in [0.05, 0.1) is 45.7 Å². The second-order valence-electron chi connectivity index (χ2n) is 5.92. The first-order chi connectivity index (χ1) is 14.0. The number of nitrogens with one attached hydrogen (secondary N) is 2. The zero-order valence-electron chi connectivity index (χ0n) is 18.0. The first kappa shape index (κ1) is 27.0. The summed E-state index contributed by atoms with van der Waals surface area (Å²) in [5, 5.41) is 13.9. The molecule has 0 saturated heterocycles. The minimum Gasteiger partial charge on any atom is -0.394 e. The fraction of sp³-hybridized carbons (Fsp3) is 0.619. The Kier molecular flexibility index (Phi) is 16.8. The number of hydrogen-bond acceptors (Lipinski definition) is 6. The summed E-state index contributed by atoms with van der Waals surface area (Å²) in [6.07, 6.45) is -0.498. The Hall–Kier alpha value is -2.00. The second-order valence-corrected chi connectivity index (χ2v) is 5.92. The van der Waals surface area contributed by atoms with Gasteiger partial charge in [0.15, 0.2) is 0 Å². The summed E-state index contributed by atoms with van der Waals surface area (Å²) in [5.41, 5.74) is 0.989. The lowest BCUT2D eigenvalue weighted by Gasteiger charge is -2.24. The molecule has 29 heavy (non-hydrogen) atoms. The van der Waals surface area contributed by atoms with Crippen LogP contribution in [-0.4, -0.2) is 68.6 Å². The van der Waals surface area contributed by atoms with E-state index < -0.39 is 12.1 Å². The largest absolute Gasteiger partial charge is 0.394 e. The van der Waals surface area contributed by atoms with E-state index in [9.17, 15) is 9.59 Å². The van der Waals surface area contributed by atoms with Gasteiger partial charge in [0.25, 0.3) is 0 Å². The van der Waals surface area contributed by atoms with Crippen LogP contribution in [0.5, 0.6) is 0 Å². The van der Waals surface area contributed by atoms with Gasteiger partial charge in [-0.2, -0.15) is 0 Å². The topological polar surface area (TPSA) is 106 Å². The van der Waals surface area contributed by atoms with Gasteiger partial charge in [0.2, 0.25) is 11.8 Å². The van der Waals surface area contributed by atoms with Crippen molar-refractivity contribution in [3.8, 4) is 0 Å². The van der Waals surface area contributed by atoms with Crippen molar-refractivity contribution in [2.75, 3.05) is 39.6 Å².